The summed E-state index contributed by atoms with van der Waals surface area (Å²) in [5, 5.41) is 18.9. The zero-order valence-electron chi connectivity index (χ0n) is 15.3. The summed E-state index contributed by atoms with van der Waals surface area (Å²) >= 11 is 1.64. The molecule has 3 aromatic carbocycles. The van der Waals surface area contributed by atoms with Crippen molar-refractivity contribution in [2.24, 2.45) is 0 Å². The molecule has 3 aromatic rings. The second-order valence-corrected chi connectivity index (χ2v) is 6.97. The van der Waals surface area contributed by atoms with Crippen LogP contribution in [0, 0.1) is 0 Å². The highest BCUT2D eigenvalue weighted by molar-refractivity contribution is 7.98. The van der Waals surface area contributed by atoms with Gasteiger partial charge in [-0.05, 0) is 47.7 Å². The quantitative estimate of drug-likeness (QED) is 0.407. The van der Waals surface area contributed by atoms with Gasteiger partial charge in [0.25, 0.3) is 0 Å². The second kappa shape index (κ2) is 9.15. The first kappa shape index (κ1) is 19.6. The van der Waals surface area contributed by atoms with Crippen molar-refractivity contribution < 1.29 is 19.7 Å². The fourth-order valence-corrected chi connectivity index (χ4v) is 3.12. The molecule has 0 saturated carbocycles. The van der Waals surface area contributed by atoms with E-state index in [0.29, 0.717) is 12.2 Å². The van der Waals surface area contributed by atoms with E-state index in [-0.39, 0.29) is 11.3 Å². The van der Waals surface area contributed by atoms with E-state index in [4.69, 9.17) is 9.84 Å². The number of carboxylic acids is 1. The van der Waals surface area contributed by atoms with Crippen LogP contribution in [-0.2, 0) is 6.61 Å². The van der Waals surface area contributed by atoms with E-state index in [9.17, 15) is 9.90 Å². The molecular weight excluding hydrogens is 372 g/mol. The molecule has 0 aliphatic rings. The number of thioether (sulfide) groups is 1. The summed E-state index contributed by atoms with van der Waals surface area (Å²) in [5.41, 5.74) is 2.57. The lowest BCUT2D eigenvalue weighted by Crippen LogP contribution is -1.97. The first-order valence-corrected chi connectivity index (χ1v) is 9.88. The van der Waals surface area contributed by atoms with Crippen LogP contribution in [0.5, 0.6) is 11.5 Å². The molecule has 0 aliphatic carbocycles. The average molecular weight is 392 g/mol. The minimum atomic E-state index is -1.16. The third-order valence-corrected chi connectivity index (χ3v) is 4.89. The minimum absolute atomic E-state index is 0.117. The summed E-state index contributed by atoms with van der Waals surface area (Å²) in [4.78, 5) is 12.1. The Kier molecular flexibility index (Phi) is 6.40. The molecule has 2 N–H and O–H groups in total. The van der Waals surface area contributed by atoms with E-state index in [0.717, 1.165) is 21.8 Å². The monoisotopic (exact) mass is 392 g/mol. The number of ether oxygens (including phenoxy) is 1. The Morgan fingerprint density at radius 2 is 1.82 bits per heavy atom. The molecule has 0 bridgehead atoms. The molecule has 4 nitrogen and oxygen atoms in total. The van der Waals surface area contributed by atoms with Gasteiger partial charge in [-0.15, -0.1) is 11.8 Å². The van der Waals surface area contributed by atoms with E-state index in [1.165, 1.54) is 12.1 Å². The lowest BCUT2D eigenvalue weighted by molar-refractivity contribution is 0.0693. The SMILES string of the molecule is CSc1ccc(OCc2ccccc2)c(/C=C/c2ccc(C(=O)O)c(O)c2)c1. The van der Waals surface area contributed by atoms with Crippen LogP contribution in [0.2, 0.25) is 0 Å². The Balaban J connectivity index is 1.84. The standard InChI is InChI=1S/C23H20O4S/c1-28-19-10-12-22(27-15-17-5-3-2-4-6-17)18(14-19)9-7-16-8-11-20(23(25)26)21(24)13-16/h2-14,24H,15H2,1H3,(H,25,26)/b9-7+. The van der Waals surface area contributed by atoms with Crippen LogP contribution in [0.15, 0.2) is 71.6 Å². The fourth-order valence-electron chi connectivity index (χ4n) is 2.67. The van der Waals surface area contributed by atoms with Gasteiger partial charge < -0.3 is 14.9 Å². The normalized spacial score (nSPS) is 10.9. The maximum absolute atomic E-state index is 11.0. The number of carbonyl (C=O) groups is 1. The molecule has 0 fully saturated rings. The molecule has 0 amide bonds. The molecule has 0 saturated heterocycles. The number of rotatable bonds is 7. The molecule has 0 heterocycles. The van der Waals surface area contributed by atoms with Crippen LogP contribution in [-0.4, -0.2) is 22.4 Å². The minimum Gasteiger partial charge on any atom is -0.507 e. The summed E-state index contributed by atoms with van der Waals surface area (Å²) in [6.45, 7) is 0.467. The van der Waals surface area contributed by atoms with Crippen LogP contribution in [0.3, 0.4) is 0 Å². The lowest BCUT2D eigenvalue weighted by atomic mass is 10.1. The van der Waals surface area contributed by atoms with Gasteiger partial charge in [-0.2, -0.15) is 0 Å². The van der Waals surface area contributed by atoms with Crippen molar-refractivity contribution in [3.63, 3.8) is 0 Å². The smallest absolute Gasteiger partial charge is 0.339 e. The van der Waals surface area contributed by atoms with Crippen LogP contribution < -0.4 is 4.74 Å². The molecule has 0 spiro atoms. The Labute approximate surface area is 168 Å². The maximum atomic E-state index is 11.0. The van der Waals surface area contributed by atoms with Crippen molar-refractivity contribution in [1.29, 1.82) is 0 Å². The first-order valence-electron chi connectivity index (χ1n) is 8.66. The molecule has 3 rings (SSSR count). The lowest BCUT2D eigenvalue weighted by Gasteiger charge is -2.11. The number of aromatic carboxylic acids is 1. The van der Waals surface area contributed by atoms with Crippen molar-refractivity contribution >= 4 is 29.9 Å². The van der Waals surface area contributed by atoms with Crippen LogP contribution in [0.1, 0.15) is 27.0 Å². The molecule has 0 aliphatic heterocycles. The Morgan fingerprint density at radius 3 is 2.50 bits per heavy atom. The van der Waals surface area contributed by atoms with Gasteiger partial charge in [-0.1, -0.05) is 48.6 Å². The second-order valence-electron chi connectivity index (χ2n) is 6.09. The number of carboxylic acid groups (broad SMARTS) is 1. The summed E-state index contributed by atoms with van der Waals surface area (Å²) in [6, 6.07) is 20.4. The Hall–Kier alpha value is -3.18. The van der Waals surface area contributed by atoms with Gasteiger partial charge in [0, 0.05) is 10.5 Å². The third-order valence-electron chi connectivity index (χ3n) is 4.16. The molecule has 28 heavy (non-hydrogen) atoms. The van der Waals surface area contributed by atoms with Crippen LogP contribution >= 0.6 is 11.8 Å². The Morgan fingerprint density at radius 1 is 1.04 bits per heavy atom. The number of aromatic hydroxyl groups is 1. The molecule has 0 aromatic heterocycles. The highest BCUT2D eigenvalue weighted by atomic mass is 32.2. The Bertz CT molecular complexity index is 997. The number of phenols is 1. The average Bonchev–Trinajstić information content (AvgIpc) is 2.71. The molecule has 5 heteroatoms. The van der Waals surface area contributed by atoms with Crippen molar-refractivity contribution in [3.8, 4) is 11.5 Å². The fraction of sp³-hybridized carbons (Fsp3) is 0.0870. The van der Waals surface area contributed by atoms with Gasteiger partial charge in [-0.25, -0.2) is 4.79 Å². The van der Waals surface area contributed by atoms with Crippen LogP contribution in [0.4, 0.5) is 0 Å². The predicted molar refractivity (Wildman–Crippen MR) is 113 cm³/mol. The first-order chi connectivity index (χ1) is 13.6. The molecular formula is C23H20O4S. The van der Waals surface area contributed by atoms with Crippen molar-refractivity contribution in [3.05, 3.63) is 89.0 Å². The van der Waals surface area contributed by atoms with Gasteiger partial charge in [-0.3, -0.25) is 0 Å². The third kappa shape index (κ3) is 4.96. The van der Waals surface area contributed by atoms with E-state index in [2.05, 4.69) is 0 Å². The van der Waals surface area contributed by atoms with Gasteiger partial charge in [0.1, 0.15) is 23.7 Å². The molecule has 0 unspecified atom stereocenters. The molecule has 0 atom stereocenters. The zero-order valence-corrected chi connectivity index (χ0v) is 16.1. The summed E-state index contributed by atoms with van der Waals surface area (Å²) in [6.07, 6.45) is 5.73. The highest BCUT2D eigenvalue weighted by Gasteiger charge is 2.09. The largest absolute Gasteiger partial charge is 0.507 e. The summed E-state index contributed by atoms with van der Waals surface area (Å²) < 4.78 is 6.00. The predicted octanol–water partition coefficient (Wildman–Crippen LogP) is 5.56. The van der Waals surface area contributed by atoms with Crippen molar-refractivity contribution in [2.75, 3.05) is 6.26 Å². The summed E-state index contributed by atoms with van der Waals surface area (Å²) in [5.74, 6) is -0.658. The summed E-state index contributed by atoms with van der Waals surface area (Å²) in [7, 11) is 0. The number of hydrogen-bond donors (Lipinski definition) is 2. The van der Waals surface area contributed by atoms with E-state index < -0.39 is 5.97 Å². The highest BCUT2D eigenvalue weighted by Crippen LogP contribution is 2.28. The van der Waals surface area contributed by atoms with E-state index in [1.54, 1.807) is 17.8 Å². The van der Waals surface area contributed by atoms with Crippen molar-refractivity contribution in [2.45, 2.75) is 11.5 Å². The number of benzene rings is 3. The van der Waals surface area contributed by atoms with E-state index >= 15 is 0 Å². The zero-order chi connectivity index (χ0) is 19.9. The van der Waals surface area contributed by atoms with E-state index in [1.807, 2.05) is 66.9 Å². The van der Waals surface area contributed by atoms with Gasteiger partial charge >= 0.3 is 5.97 Å². The molecule has 142 valence electrons. The molecule has 0 radical (unpaired) electrons. The van der Waals surface area contributed by atoms with Crippen LogP contribution in [0.25, 0.3) is 12.2 Å². The van der Waals surface area contributed by atoms with Gasteiger partial charge in [0.2, 0.25) is 0 Å². The van der Waals surface area contributed by atoms with Gasteiger partial charge in [0.05, 0.1) is 0 Å². The maximum Gasteiger partial charge on any atom is 0.339 e. The van der Waals surface area contributed by atoms with Gasteiger partial charge in [0.15, 0.2) is 0 Å². The topological polar surface area (TPSA) is 66.8 Å². The number of hydrogen-bond acceptors (Lipinski definition) is 4. The van der Waals surface area contributed by atoms with Crippen molar-refractivity contribution in [1.82, 2.24) is 0 Å².